The molecule has 3 N–H and O–H groups in total. The van der Waals surface area contributed by atoms with E-state index in [2.05, 4.69) is 25.1 Å². The highest BCUT2D eigenvalue weighted by Gasteiger charge is 2.18. The third-order valence-corrected chi connectivity index (χ3v) is 2.99. The fourth-order valence-electron chi connectivity index (χ4n) is 2.15. The van der Waals surface area contributed by atoms with Crippen molar-refractivity contribution in [1.82, 2.24) is 25.1 Å². The second-order valence-electron chi connectivity index (χ2n) is 4.27. The Morgan fingerprint density at radius 3 is 3.18 bits per heavy atom. The van der Waals surface area contributed by atoms with Gasteiger partial charge in [0.25, 0.3) is 0 Å². The molecule has 17 heavy (non-hydrogen) atoms. The molecule has 2 aromatic rings. The Morgan fingerprint density at radius 1 is 1.41 bits per heavy atom. The summed E-state index contributed by atoms with van der Waals surface area (Å²) < 4.78 is 0. The summed E-state index contributed by atoms with van der Waals surface area (Å²) in [5, 5.41) is 6.78. The van der Waals surface area contributed by atoms with Crippen molar-refractivity contribution in [3.05, 3.63) is 35.4 Å². The molecular weight excluding hydrogens is 216 g/mol. The maximum Gasteiger partial charge on any atom is 0.220 e. The van der Waals surface area contributed by atoms with Gasteiger partial charge in [-0.25, -0.2) is 9.97 Å². The van der Waals surface area contributed by atoms with Gasteiger partial charge in [0.15, 0.2) is 0 Å². The summed E-state index contributed by atoms with van der Waals surface area (Å²) in [4.78, 5) is 10.7. The van der Waals surface area contributed by atoms with Crippen LogP contribution in [0, 0.1) is 0 Å². The molecule has 6 nitrogen and oxygen atoms in total. The molecule has 0 fully saturated rings. The first-order valence-corrected chi connectivity index (χ1v) is 5.61. The van der Waals surface area contributed by atoms with Crippen molar-refractivity contribution in [2.45, 2.75) is 19.5 Å². The number of H-pyrrole nitrogens is 1. The summed E-state index contributed by atoms with van der Waals surface area (Å²) in [6, 6.07) is 0. The van der Waals surface area contributed by atoms with E-state index in [4.69, 9.17) is 5.73 Å². The molecule has 0 unspecified atom stereocenters. The van der Waals surface area contributed by atoms with Crippen molar-refractivity contribution in [2.24, 2.45) is 0 Å². The molecule has 0 amide bonds. The summed E-state index contributed by atoms with van der Waals surface area (Å²) in [5.41, 5.74) is 9.04. The molecule has 0 atom stereocenters. The highest BCUT2D eigenvalue weighted by molar-refractivity contribution is 5.27. The minimum Gasteiger partial charge on any atom is -0.368 e. The van der Waals surface area contributed by atoms with Crippen molar-refractivity contribution in [3.8, 4) is 0 Å². The lowest BCUT2D eigenvalue weighted by atomic mass is 10.1. The molecule has 3 heterocycles. The average Bonchev–Trinajstić information content (AvgIpc) is 2.82. The third kappa shape index (κ3) is 2.12. The van der Waals surface area contributed by atoms with Gasteiger partial charge < -0.3 is 5.73 Å². The predicted octanol–water partition coefficient (Wildman–Crippen LogP) is 0.340. The van der Waals surface area contributed by atoms with Crippen LogP contribution >= 0.6 is 0 Å². The van der Waals surface area contributed by atoms with E-state index in [1.54, 1.807) is 0 Å². The van der Waals surface area contributed by atoms with E-state index in [1.165, 1.54) is 11.1 Å². The molecule has 1 aliphatic heterocycles. The first-order valence-electron chi connectivity index (χ1n) is 5.61. The van der Waals surface area contributed by atoms with Crippen LogP contribution in [-0.4, -0.2) is 31.6 Å². The van der Waals surface area contributed by atoms with E-state index in [1.807, 2.05) is 18.6 Å². The van der Waals surface area contributed by atoms with Gasteiger partial charge in [-0.1, -0.05) is 0 Å². The van der Waals surface area contributed by atoms with Gasteiger partial charge in [-0.05, 0) is 0 Å². The molecular formula is C11H14N6. The Kier molecular flexibility index (Phi) is 2.49. The molecule has 0 saturated heterocycles. The van der Waals surface area contributed by atoms with Crippen LogP contribution in [0.5, 0.6) is 0 Å². The van der Waals surface area contributed by atoms with Crippen molar-refractivity contribution in [2.75, 3.05) is 12.3 Å². The van der Waals surface area contributed by atoms with E-state index in [9.17, 15) is 0 Å². The van der Waals surface area contributed by atoms with Gasteiger partial charge in [-0.2, -0.15) is 5.10 Å². The SMILES string of the molecule is Nc1ncc2c(n1)CCN(Cc1cn[nH]c1)C2. The number of nitrogens with zero attached hydrogens (tertiary/aromatic N) is 4. The van der Waals surface area contributed by atoms with Gasteiger partial charge in [0.1, 0.15) is 0 Å². The largest absolute Gasteiger partial charge is 0.368 e. The second kappa shape index (κ2) is 4.14. The number of nitrogens with one attached hydrogen (secondary N) is 1. The lowest BCUT2D eigenvalue weighted by Gasteiger charge is -2.27. The molecule has 0 aromatic carbocycles. The van der Waals surface area contributed by atoms with Gasteiger partial charge >= 0.3 is 0 Å². The molecule has 0 saturated carbocycles. The Labute approximate surface area is 98.9 Å². The molecule has 0 aliphatic carbocycles. The molecule has 3 rings (SSSR count). The normalized spacial score (nSPS) is 15.8. The zero-order valence-electron chi connectivity index (χ0n) is 9.43. The van der Waals surface area contributed by atoms with Crippen molar-refractivity contribution < 1.29 is 0 Å². The lowest BCUT2D eigenvalue weighted by Crippen LogP contribution is -2.30. The van der Waals surface area contributed by atoms with Gasteiger partial charge in [0.05, 0.1) is 11.9 Å². The first kappa shape index (κ1) is 10.2. The Bertz CT molecular complexity index is 507. The van der Waals surface area contributed by atoms with Crippen LogP contribution in [-0.2, 0) is 19.5 Å². The van der Waals surface area contributed by atoms with Gasteiger partial charge in [-0.3, -0.25) is 10.00 Å². The number of hydrogen-bond donors (Lipinski definition) is 2. The molecule has 88 valence electrons. The van der Waals surface area contributed by atoms with E-state index >= 15 is 0 Å². The smallest absolute Gasteiger partial charge is 0.220 e. The fourth-order valence-corrected chi connectivity index (χ4v) is 2.15. The van der Waals surface area contributed by atoms with Crippen LogP contribution in [0.15, 0.2) is 18.6 Å². The Morgan fingerprint density at radius 2 is 2.35 bits per heavy atom. The lowest BCUT2D eigenvalue weighted by molar-refractivity contribution is 0.243. The number of nitrogens with two attached hydrogens (primary N) is 1. The molecule has 0 bridgehead atoms. The van der Waals surface area contributed by atoms with Gasteiger partial charge in [0, 0.05) is 49.6 Å². The highest BCUT2D eigenvalue weighted by Crippen LogP contribution is 2.18. The van der Waals surface area contributed by atoms with E-state index in [-0.39, 0.29) is 0 Å². The zero-order chi connectivity index (χ0) is 11.7. The molecule has 6 heteroatoms. The number of fused-ring (bicyclic) bond motifs is 1. The second-order valence-corrected chi connectivity index (χ2v) is 4.27. The molecule has 2 aromatic heterocycles. The van der Waals surface area contributed by atoms with Crippen LogP contribution in [0.25, 0.3) is 0 Å². The number of hydrogen-bond acceptors (Lipinski definition) is 5. The molecule has 1 aliphatic rings. The molecule has 0 radical (unpaired) electrons. The van der Waals surface area contributed by atoms with E-state index in [0.717, 1.165) is 31.7 Å². The minimum atomic E-state index is 0.368. The zero-order valence-corrected chi connectivity index (χ0v) is 9.43. The highest BCUT2D eigenvalue weighted by atomic mass is 15.2. The monoisotopic (exact) mass is 230 g/mol. The van der Waals surface area contributed by atoms with Crippen LogP contribution in [0.2, 0.25) is 0 Å². The predicted molar refractivity (Wildman–Crippen MR) is 62.9 cm³/mol. The molecule has 0 spiro atoms. The average molecular weight is 230 g/mol. The van der Waals surface area contributed by atoms with Gasteiger partial charge in [-0.15, -0.1) is 0 Å². The maximum atomic E-state index is 5.58. The Balaban J connectivity index is 1.74. The van der Waals surface area contributed by atoms with Gasteiger partial charge in [0.2, 0.25) is 5.95 Å². The number of nitrogen functional groups attached to an aromatic ring is 1. The summed E-state index contributed by atoms with van der Waals surface area (Å²) in [7, 11) is 0. The third-order valence-electron chi connectivity index (χ3n) is 2.99. The Hall–Kier alpha value is -1.95. The van der Waals surface area contributed by atoms with Crippen molar-refractivity contribution in [3.63, 3.8) is 0 Å². The first-order chi connectivity index (χ1) is 8.31. The van der Waals surface area contributed by atoms with E-state index < -0.39 is 0 Å². The number of aromatic amines is 1. The maximum absolute atomic E-state index is 5.58. The van der Waals surface area contributed by atoms with Crippen LogP contribution in [0.4, 0.5) is 5.95 Å². The van der Waals surface area contributed by atoms with Crippen LogP contribution < -0.4 is 5.73 Å². The summed E-state index contributed by atoms with van der Waals surface area (Å²) in [6.07, 6.45) is 6.54. The number of anilines is 1. The number of rotatable bonds is 2. The van der Waals surface area contributed by atoms with Crippen LogP contribution in [0.3, 0.4) is 0 Å². The fraction of sp³-hybridized carbons (Fsp3) is 0.364. The van der Waals surface area contributed by atoms with Crippen molar-refractivity contribution in [1.29, 1.82) is 0 Å². The van der Waals surface area contributed by atoms with E-state index in [0.29, 0.717) is 5.95 Å². The summed E-state index contributed by atoms with van der Waals surface area (Å²) in [5.74, 6) is 0.368. The minimum absolute atomic E-state index is 0.368. The number of aromatic nitrogens is 4. The standard InChI is InChI=1S/C11H14N6/c12-11-13-5-9-7-17(2-1-10(9)16-11)6-8-3-14-15-4-8/h3-5H,1-2,6-7H2,(H,14,15)(H2,12,13,16). The summed E-state index contributed by atoms with van der Waals surface area (Å²) >= 11 is 0. The van der Waals surface area contributed by atoms with Crippen molar-refractivity contribution >= 4 is 5.95 Å². The van der Waals surface area contributed by atoms with Crippen LogP contribution in [0.1, 0.15) is 16.8 Å². The summed E-state index contributed by atoms with van der Waals surface area (Å²) in [6.45, 7) is 2.77. The topological polar surface area (TPSA) is 83.7 Å². The quantitative estimate of drug-likeness (QED) is 0.777.